The molecule has 3 N–H and O–H groups in total. The first kappa shape index (κ1) is 14.9. The van der Waals surface area contributed by atoms with Gasteiger partial charge in [-0.2, -0.15) is 0 Å². The molecule has 20 heavy (non-hydrogen) atoms. The number of hydrogen-bond acceptors (Lipinski definition) is 3. The molecule has 0 saturated heterocycles. The second-order valence-electron chi connectivity index (χ2n) is 4.55. The molecule has 0 fully saturated rings. The Morgan fingerprint density at radius 3 is 2.90 bits per heavy atom. The number of aromatic nitrogens is 1. The number of hydrogen-bond donors (Lipinski definition) is 2. The number of nitrogens with zero attached hydrogens (tertiary/aromatic N) is 1. The number of likely N-dealkylation sites (N-methyl/N-ethyl adjacent to an activating group) is 1. The maximum atomic E-state index is 14.0. The molecule has 0 saturated carbocycles. The highest BCUT2D eigenvalue weighted by molar-refractivity contribution is 9.10. The Morgan fingerprint density at radius 1 is 1.40 bits per heavy atom. The second-order valence-corrected chi connectivity index (χ2v) is 5.47. The van der Waals surface area contributed by atoms with Crippen LogP contribution in [0.5, 0.6) is 0 Å². The van der Waals surface area contributed by atoms with E-state index in [9.17, 15) is 4.39 Å². The van der Waals surface area contributed by atoms with E-state index in [0.29, 0.717) is 17.7 Å². The smallest absolute Gasteiger partial charge is 0.128 e. The third-order valence-electron chi connectivity index (χ3n) is 3.15. The van der Waals surface area contributed by atoms with E-state index in [2.05, 4.69) is 26.2 Å². The topological polar surface area (TPSA) is 50.9 Å². The Labute approximate surface area is 126 Å². The number of pyridine rings is 1. The van der Waals surface area contributed by atoms with Gasteiger partial charge in [0.1, 0.15) is 5.82 Å². The summed E-state index contributed by atoms with van der Waals surface area (Å²) in [4.78, 5) is 4.08. The van der Waals surface area contributed by atoms with Gasteiger partial charge in [0.2, 0.25) is 0 Å². The summed E-state index contributed by atoms with van der Waals surface area (Å²) < 4.78 is 14.9. The summed E-state index contributed by atoms with van der Waals surface area (Å²) in [6.45, 7) is 2.74. The molecule has 2 aromatic rings. The van der Waals surface area contributed by atoms with Gasteiger partial charge in [0, 0.05) is 34.2 Å². The van der Waals surface area contributed by atoms with Crippen LogP contribution in [0.4, 0.5) is 10.1 Å². The molecule has 5 heteroatoms. The zero-order valence-corrected chi connectivity index (χ0v) is 12.8. The van der Waals surface area contributed by atoms with Gasteiger partial charge in [-0.25, -0.2) is 4.39 Å². The summed E-state index contributed by atoms with van der Waals surface area (Å²) >= 11 is 3.38. The Hall–Kier alpha value is -1.46. The van der Waals surface area contributed by atoms with Crippen molar-refractivity contribution >= 4 is 21.6 Å². The van der Waals surface area contributed by atoms with Crippen molar-refractivity contribution in [3.05, 3.63) is 58.1 Å². The molecule has 2 rings (SSSR count). The first-order valence-electron chi connectivity index (χ1n) is 6.48. The zero-order valence-electron chi connectivity index (χ0n) is 11.2. The minimum Gasteiger partial charge on any atom is -0.398 e. The highest BCUT2D eigenvalue weighted by atomic mass is 79.9. The SMILES string of the molecule is CCNC(Cc1cnccc1N)c1cc(Br)ccc1F. The summed E-state index contributed by atoms with van der Waals surface area (Å²) in [5.74, 6) is -0.221. The minimum absolute atomic E-state index is 0.135. The van der Waals surface area contributed by atoms with Crippen LogP contribution in [0.2, 0.25) is 0 Å². The van der Waals surface area contributed by atoms with Crippen LogP contribution in [-0.4, -0.2) is 11.5 Å². The molecule has 3 nitrogen and oxygen atoms in total. The van der Waals surface area contributed by atoms with E-state index < -0.39 is 0 Å². The third-order valence-corrected chi connectivity index (χ3v) is 3.64. The van der Waals surface area contributed by atoms with Gasteiger partial charge in [0.15, 0.2) is 0 Å². The van der Waals surface area contributed by atoms with E-state index >= 15 is 0 Å². The predicted molar refractivity (Wildman–Crippen MR) is 82.9 cm³/mol. The predicted octanol–water partition coefficient (Wildman–Crippen LogP) is 3.46. The van der Waals surface area contributed by atoms with Crippen molar-refractivity contribution in [2.45, 2.75) is 19.4 Å². The maximum absolute atomic E-state index is 14.0. The molecule has 1 unspecified atom stereocenters. The molecule has 0 aliphatic rings. The van der Waals surface area contributed by atoms with Crippen LogP contribution in [0.1, 0.15) is 24.1 Å². The monoisotopic (exact) mass is 337 g/mol. The second kappa shape index (κ2) is 6.81. The van der Waals surface area contributed by atoms with Crippen LogP contribution >= 0.6 is 15.9 Å². The summed E-state index contributed by atoms with van der Waals surface area (Å²) in [6.07, 6.45) is 3.98. The fraction of sp³-hybridized carbons (Fsp3) is 0.267. The Kier molecular flexibility index (Phi) is 5.09. The minimum atomic E-state index is -0.221. The lowest BCUT2D eigenvalue weighted by atomic mass is 9.98. The van der Waals surface area contributed by atoms with Gasteiger partial charge in [-0.3, -0.25) is 4.98 Å². The van der Waals surface area contributed by atoms with E-state index in [0.717, 1.165) is 16.6 Å². The van der Waals surface area contributed by atoms with E-state index in [1.807, 2.05) is 6.92 Å². The standard InChI is InChI=1S/C15H17BrFN3/c1-2-20-15(7-10-9-19-6-5-14(10)18)12-8-11(16)3-4-13(12)17/h3-6,8-9,15,20H,2,7H2,1H3,(H2,18,19). The first-order valence-corrected chi connectivity index (χ1v) is 7.27. The number of anilines is 1. The molecule has 1 atom stereocenters. The third kappa shape index (κ3) is 3.55. The van der Waals surface area contributed by atoms with Crippen molar-refractivity contribution in [3.63, 3.8) is 0 Å². The Morgan fingerprint density at radius 2 is 2.20 bits per heavy atom. The van der Waals surface area contributed by atoms with Gasteiger partial charge in [-0.1, -0.05) is 22.9 Å². The fourth-order valence-electron chi connectivity index (χ4n) is 2.15. The lowest BCUT2D eigenvalue weighted by Gasteiger charge is -2.20. The van der Waals surface area contributed by atoms with Crippen LogP contribution in [-0.2, 0) is 6.42 Å². The van der Waals surface area contributed by atoms with Crippen LogP contribution in [0, 0.1) is 5.82 Å². The molecule has 0 aliphatic carbocycles. The summed E-state index contributed by atoms with van der Waals surface area (Å²) in [6, 6.07) is 6.59. The van der Waals surface area contributed by atoms with Gasteiger partial charge in [-0.15, -0.1) is 0 Å². The summed E-state index contributed by atoms with van der Waals surface area (Å²) in [7, 11) is 0. The quantitative estimate of drug-likeness (QED) is 0.878. The van der Waals surface area contributed by atoms with Crippen LogP contribution < -0.4 is 11.1 Å². The molecule has 1 aromatic heterocycles. The fourth-order valence-corrected chi connectivity index (χ4v) is 2.53. The number of nitrogens with two attached hydrogens (primary N) is 1. The number of nitrogen functional groups attached to an aromatic ring is 1. The highest BCUT2D eigenvalue weighted by Gasteiger charge is 2.17. The molecule has 0 spiro atoms. The highest BCUT2D eigenvalue weighted by Crippen LogP contribution is 2.26. The van der Waals surface area contributed by atoms with Crippen LogP contribution in [0.3, 0.4) is 0 Å². The average molecular weight is 338 g/mol. The number of halogens is 2. The lowest BCUT2D eigenvalue weighted by molar-refractivity contribution is 0.509. The number of nitrogens with one attached hydrogen (secondary N) is 1. The number of benzene rings is 1. The van der Waals surface area contributed by atoms with Gasteiger partial charge in [0.05, 0.1) is 0 Å². The van der Waals surface area contributed by atoms with Gasteiger partial charge < -0.3 is 11.1 Å². The van der Waals surface area contributed by atoms with Crippen molar-refractivity contribution < 1.29 is 4.39 Å². The largest absolute Gasteiger partial charge is 0.398 e. The molecular weight excluding hydrogens is 321 g/mol. The van der Waals surface area contributed by atoms with Crippen molar-refractivity contribution in [1.29, 1.82) is 0 Å². The first-order chi connectivity index (χ1) is 9.61. The van der Waals surface area contributed by atoms with Gasteiger partial charge >= 0.3 is 0 Å². The van der Waals surface area contributed by atoms with Crippen molar-refractivity contribution in [2.75, 3.05) is 12.3 Å². The molecule has 0 amide bonds. The number of rotatable bonds is 5. The molecule has 0 bridgehead atoms. The van der Waals surface area contributed by atoms with Crippen LogP contribution in [0.25, 0.3) is 0 Å². The van der Waals surface area contributed by atoms with E-state index in [1.54, 1.807) is 30.6 Å². The maximum Gasteiger partial charge on any atom is 0.128 e. The Balaban J connectivity index is 2.32. The zero-order chi connectivity index (χ0) is 14.5. The van der Waals surface area contributed by atoms with Gasteiger partial charge in [0.25, 0.3) is 0 Å². The molecule has 1 aromatic carbocycles. The lowest BCUT2D eigenvalue weighted by Crippen LogP contribution is -2.24. The summed E-state index contributed by atoms with van der Waals surface area (Å²) in [5, 5.41) is 3.30. The molecular formula is C15H17BrFN3. The normalized spacial score (nSPS) is 12.3. The molecule has 1 heterocycles. The van der Waals surface area contributed by atoms with Crippen molar-refractivity contribution in [2.24, 2.45) is 0 Å². The van der Waals surface area contributed by atoms with Crippen molar-refractivity contribution in [1.82, 2.24) is 10.3 Å². The van der Waals surface area contributed by atoms with E-state index in [4.69, 9.17) is 5.73 Å². The van der Waals surface area contributed by atoms with E-state index in [1.165, 1.54) is 6.07 Å². The average Bonchev–Trinajstić information content (AvgIpc) is 2.43. The Bertz CT molecular complexity index is 589. The summed E-state index contributed by atoms with van der Waals surface area (Å²) in [5.41, 5.74) is 8.16. The molecule has 106 valence electrons. The van der Waals surface area contributed by atoms with Crippen molar-refractivity contribution in [3.8, 4) is 0 Å². The van der Waals surface area contributed by atoms with Gasteiger partial charge in [-0.05, 0) is 42.8 Å². The van der Waals surface area contributed by atoms with E-state index in [-0.39, 0.29) is 11.9 Å². The van der Waals surface area contributed by atoms with Crippen LogP contribution in [0.15, 0.2) is 41.1 Å². The molecule has 0 radical (unpaired) electrons. The molecule has 0 aliphatic heterocycles.